The molecule has 5 heteroatoms. The van der Waals surface area contributed by atoms with E-state index in [0.717, 1.165) is 5.56 Å². The van der Waals surface area contributed by atoms with Crippen molar-refractivity contribution in [3.63, 3.8) is 0 Å². The Morgan fingerprint density at radius 2 is 2.22 bits per heavy atom. The van der Waals surface area contributed by atoms with E-state index in [1.54, 1.807) is 6.07 Å². The zero-order chi connectivity index (χ0) is 13.2. The maximum absolute atomic E-state index is 10.3. The second-order valence-electron chi connectivity index (χ2n) is 4.72. The summed E-state index contributed by atoms with van der Waals surface area (Å²) >= 11 is 11.8. The molecular formula is C13H17Cl2NO2. The van der Waals surface area contributed by atoms with Gasteiger partial charge >= 0.3 is 0 Å². The number of hydrogen-bond donors (Lipinski definition) is 2. The molecule has 1 aliphatic heterocycles. The van der Waals surface area contributed by atoms with Crippen LogP contribution in [0.15, 0.2) is 18.2 Å². The Morgan fingerprint density at radius 1 is 1.44 bits per heavy atom. The Morgan fingerprint density at radius 3 is 2.83 bits per heavy atom. The van der Waals surface area contributed by atoms with Gasteiger partial charge in [0.15, 0.2) is 0 Å². The molecule has 0 aliphatic carbocycles. The van der Waals surface area contributed by atoms with E-state index in [0.29, 0.717) is 36.2 Å². The second-order valence-corrected chi connectivity index (χ2v) is 5.53. The standard InChI is InChI=1S/C13H17Cl2NO2/c1-9-13(17,4-5-18-9)8-16-7-10-2-3-11(14)12(15)6-10/h2-3,6,9,16-17H,4-5,7-8H2,1H3. The number of hydrogen-bond acceptors (Lipinski definition) is 3. The van der Waals surface area contributed by atoms with E-state index in [4.69, 9.17) is 27.9 Å². The van der Waals surface area contributed by atoms with Crippen molar-refractivity contribution in [2.24, 2.45) is 0 Å². The van der Waals surface area contributed by atoms with Gasteiger partial charge in [-0.25, -0.2) is 0 Å². The van der Waals surface area contributed by atoms with Gasteiger partial charge in [-0.2, -0.15) is 0 Å². The molecule has 1 aliphatic rings. The van der Waals surface area contributed by atoms with Crippen LogP contribution in [0.3, 0.4) is 0 Å². The molecule has 0 aromatic heterocycles. The fourth-order valence-electron chi connectivity index (χ4n) is 2.08. The lowest BCUT2D eigenvalue weighted by Gasteiger charge is -2.26. The monoisotopic (exact) mass is 289 g/mol. The average Bonchev–Trinajstić information content (AvgIpc) is 2.65. The Bertz CT molecular complexity index is 427. The highest BCUT2D eigenvalue weighted by Gasteiger charge is 2.38. The highest BCUT2D eigenvalue weighted by atomic mass is 35.5. The summed E-state index contributed by atoms with van der Waals surface area (Å²) in [5, 5.41) is 14.6. The van der Waals surface area contributed by atoms with E-state index in [2.05, 4.69) is 5.32 Å². The van der Waals surface area contributed by atoms with Crippen molar-refractivity contribution in [2.45, 2.75) is 31.6 Å². The van der Waals surface area contributed by atoms with Gasteiger partial charge in [0.25, 0.3) is 0 Å². The number of rotatable bonds is 4. The van der Waals surface area contributed by atoms with Crippen molar-refractivity contribution >= 4 is 23.2 Å². The van der Waals surface area contributed by atoms with Gasteiger partial charge in [0.05, 0.1) is 16.1 Å². The van der Waals surface area contributed by atoms with Crippen molar-refractivity contribution in [2.75, 3.05) is 13.2 Å². The Labute approximate surface area is 117 Å². The quantitative estimate of drug-likeness (QED) is 0.895. The van der Waals surface area contributed by atoms with Crippen LogP contribution in [-0.2, 0) is 11.3 Å². The third-order valence-electron chi connectivity index (χ3n) is 3.40. The van der Waals surface area contributed by atoms with Crippen LogP contribution in [0.5, 0.6) is 0 Å². The molecule has 0 saturated carbocycles. The van der Waals surface area contributed by atoms with E-state index in [1.165, 1.54) is 0 Å². The topological polar surface area (TPSA) is 41.5 Å². The molecule has 1 aromatic carbocycles. The largest absolute Gasteiger partial charge is 0.386 e. The highest BCUT2D eigenvalue weighted by Crippen LogP contribution is 2.25. The zero-order valence-electron chi connectivity index (χ0n) is 10.2. The molecule has 2 rings (SSSR count). The molecular weight excluding hydrogens is 273 g/mol. The van der Waals surface area contributed by atoms with Gasteiger partial charge in [-0.1, -0.05) is 29.3 Å². The molecule has 3 nitrogen and oxygen atoms in total. The van der Waals surface area contributed by atoms with Crippen LogP contribution in [0.4, 0.5) is 0 Å². The SMILES string of the molecule is CC1OCCC1(O)CNCc1ccc(Cl)c(Cl)c1. The van der Waals surface area contributed by atoms with Gasteiger partial charge in [-0.3, -0.25) is 0 Å². The van der Waals surface area contributed by atoms with Crippen molar-refractivity contribution in [3.05, 3.63) is 33.8 Å². The van der Waals surface area contributed by atoms with Gasteiger partial charge in [0.2, 0.25) is 0 Å². The molecule has 1 heterocycles. The first kappa shape index (κ1) is 14.1. The van der Waals surface area contributed by atoms with Crippen LogP contribution < -0.4 is 5.32 Å². The number of aliphatic hydroxyl groups is 1. The summed E-state index contributed by atoms with van der Waals surface area (Å²) in [5.74, 6) is 0. The van der Waals surface area contributed by atoms with Crippen LogP contribution in [0.2, 0.25) is 10.0 Å². The highest BCUT2D eigenvalue weighted by molar-refractivity contribution is 6.42. The van der Waals surface area contributed by atoms with Crippen LogP contribution in [-0.4, -0.2) is 30.0 Å². The maximum Gasteiger partial charge on any atom is 0.105 e. The summed E-state index contributed by atoms with van der Waals surface area (Å²) in [6, 6.07) is 5.52. The average molecular weight is 290 g/mol. The van der Waals surface area contributed by atoms with Crippen LogP contribution in [0.1, 0.15) is 18.9 Å². The molecule has 18 heavy (non-hydrogen) atoms. The molecule has 1 saturated heterocycles. The molecule has 0 bridgehead atoms. The molecule has 2 N–H and O–H groups in total. The fourth-order valence-corrected chi connectivity index (χ4v) is 2.40. The molecule has 2 atom stereocenters. The maximum atomic E-state index is 10.3. The van der Waals surface area contributed by atoms with Gasteiger partial charge in [0, 0.05) is 26.1 Å². The first-order valence-corrected chi connectivity index (χ1v) is 6.75. The summed E-state index contributed by atoms with van der Waals surface area (Å²) in [6.07, 6.45) is 0.543. The second kappa shape index (κ2) is 5.76. The predicted molar refractivity (Wildman–Crippen MR) is 73.1 cm³/mol. The Kier molecular flexibility index (Phi) is 4.51. The molecule has 100 valence electrons. The van der Waals surface area contributed by atoms with E-state index < -0.39 is 5.60 Å². The van der Waals surface area contributed by atoms with E-state index >= 15 is 0 Å². The van der Waals surface area contributed by atoms with Crippen molar-refractivity contribution in [1.29, 1.82) is 0 Å². The zero-order valence-corrected chi connectivity index (χ0v) is 11.8. The summed E-state index contributed by atoms with van der Waals surface area (Å²) in [5.41, 5.74) is 0.274. The minimum atomic E-state index is -0.768. The van der Waals surface area contributed by atoms with Crippen LogP contribution in [0.25, 0.3) is 0 Å². The number of halogens is 2. The summed E-state index contributed by atoms with van der Waals surface area (Å²) in [4.78, 5) is 0. The van der Waals surface area contributed by atoms with Crippen LogP contribution >= 0.6 is 23.2 Å². The molecule has 0 spiro atoms. The third-order valence-corrected chi connectivity index (χ3v) is 4.14. The fraction of sp³-hybridized carbons (Fsp3) is 0.538. The number of benzene rings is 1. The van der Waals surface area contributed by atoms with Crippen molar-refractivity contribution in [1.82, 2.24) is 5.32 Å². The lowest BCUT2D eigenvalue weighted by atomic mass is 9.96. The third kappa shape index (κ3) is 3.16. The minimum Gasteiger partial charge on any atom is -0.386 e. The lowest BCUT2D eigenvalue weighted by Crippen LogP contribution is -2.45. The smallest absolute Gasteiger partial charge is 0.105 e. The van der Waals surface area contributed by atoms with E-state index in [9.17, 15) is 5.11 Å². The summed E-state index contributed by atoms with van der Waals surface area (Å²) in [6.45, 7) is 3.67. The molecule has 1 fully saturated rings. The summed E-state index contributed by atoms with van der Waals surface area (Å²) in [7, 11) is 0. The lowest BCUT2D eigenvalue weighted by molar-refractivity contribution is -0.0262. The van der Waals surface area contributed by atoms with Crippen molar-refractivity contribution in [3.8, 4) is 0 Å². The van der Waals surface area contributed by atoms with Gasteiger partial charge < -0.3 is 15.2 Å². The normalized spacial score (nSPS) is 27.7. The summed E-state index contributed by atoms with van der Waals surface area (Å²) < 4.78 is 5.38. The number of ether oxygens (including phenoxy) is 1. The van der Waals surface area contributed by atoms with E-state index in [1.807, 2.05) is 19.1 Å². The van der Waals surface area contributed by atoms with Crippen LogP contribution in [0, 0.1) is 0 Å². The van der Waals surface area contributed by atoms with Gasteiger partial charge in [0.1, 0.15) is 5.60 Å². The predicted octanol–water partition coefficient (Wildman–Crippen LogP) is 2.62. The number of nitrogens with one attached hydrogen (secondary N) is 1. The Hall–Kier alpha value is -0.320. The van der Waals surface area contributed by atoms with Gasteiger partial charge in [-0.15, -0.1) is 0 Å². The Balaban J connectivity index is 1.86. The molecule has 1 aromatic rings. The first-order valence-electron chi connectivity index (χ1n) is 6.00. The van der Waals surface area contributed by atoms with E-state index in [-0.39, 0.29) is 6.10 Å². The van der Waals surface area contributed by atoms with Crippen molar-refractivity contribution < 1.29 is 9.84 Å². The molecule has 2 unspecified atom stereocenters. The minimum absolute atomic E-state index is 0.126. The molecule has 0 radical (unpaired) electrons. The molecule has 0 amide bonds. The van der Waals surface area contributed by atoms with Gasteiger partial charge in [-0.05, 0) is 24.6 Å². The first-order chi connectivity index (χ1) is 8.51.